The lowest BCUT2D eigenvalue weighted by Gasteiger charge is -2.38. The van der Waals surface area contributed by atoms with Gasteiger partial charge in [0.15, 0.2) is 0 Å². The summed E-state index contributed by atoms with van der Waals surface area (Å²) in [6.07, 6.45) is 2.92. The molecular weight excluding hydrogens is 419 g/mol. The number of rotatable bonds is 4. The van der Waals surface area contributed by atoms with Crippen molar-refractivity contribution in [3.8, 4) is 0 Å². The number of piperidine rings is 1. The highest BCUT2D eigenvalue weighted by Gasteiger charge is 2.32. The van der Waals surface area contributed by atoms with Crippen molar-refractivity contribution in [2.75, 3.05) is 24.8 Å². The molecule has 0 aliphatic carbocycles. The second-order valence-electron chi connectivity index (χ2n) is 8.71. The molecule has 2 aliphatic heterocycles. The fourth-order valence-electron chi connectivity index (χ4n) is 4.70. The largest absolute Gasteiger partial charge is 0.428 e. The Balaban J connectivity index is 1.82. The van der Waals surface area contributed by atoms with E-state index >= 15 is 4.39 Å². The molecule has 0 saturated carbocycles. The first kappa shape index (κ1) is 22.3. The Bertz CT molecular complexity index is 1140. The first-order valence-electron chi connectivity index (χ1n) is 10.8. The number of hydrogen-bond donors (Lipinski definition) is 1. The highest BCUT2D eigenvalue weighted by molar-refractivity contribution is 5.96. The molecular formula is C23H27FN2O6. The molecule has 2 aromatic rings. The summed E-state index contributed by atoms with van der Waals surface area (Å²) in [5.74, 6) is -2.05. The summed E-state index contributed by atoms with van der Waals surface area (Å²) in [5, 5.41) is 10.2. The average Bonchev–Trinajstić information content (AvgIpc) is 2.73. The van der Waals surface area contributed by atoms with Crippen LogP contribution in [0.15, 0.2) is 17.1 Å². The minimum absolute atomic E-state index is 0.00474. The monoisotopic (exact) mass is 446 g/mol. The third-order valence-electron chi connectivity index (χ3n) is 6.48. The Labute approximate surface area is 184 Å². The van der Waals surface area contributed by atoms with Gasteiger partial charge in [0.05, 0.1) is 17.3 Å². The van der Waals surface area contributed by atoms with Gasteiger partial charge in [0.2, 0.25) is 12.2 Å². The topological polar surface area (TPSA) is 98.1 Å². The van der Waals surface area contributed by atoms with Crippen LogP contribution in [-0.2, 0) is 20.7 Å². The predicted octanol–water partition coefficient (Wildman–Crippen LogP) is 2.53. The number of halogens is 1. The second-order valence-corrected chi connectivity index (χ2v) is 8.71. The van der Waals surface area contributed by atoms with Crippen molar-refractivity contribution in [2.45, 2.75) is 52.2 Å². The zero-order chi connectivity index (χ0) is 23.2. The lowest BCUT2D eigenvalue weighted by molar-refractivity contribution is -0.149. The normalized spacial score (nSPS) is 22.7. The van der Waals surface area contributed by atoms with Crippen LogP contribution in [0.5, 0.6) is 0 Å². The molecule has 0 radical (unpaired) electrons. The van der Waals surface area contributed by atoms with Crippen molar-refractivity contribution in [1.29, 1.82) is 0 Å². The van der Waals surface area contributed by atoms with E-state index in [1.54, 1.807) is 0 Å². The van der Waals surface area contributed by atoms with Gasteiger partial charge in [0.1, 0.15) is 11.4 Å². The van der Waals surface area contributed by atoms with Crippen LogP contribution in [0.25, 0.3) is 10.9 Å². The van der Waals surface area contributed by atoms with Crippen LogP contribution in [0.1, 0.15) is 55.6 Å². The number of aliphatic hydroxyl groups is 1. The van der Waals surface area contributed by atoms with E-state index in [9.17, 15) is 19.5 Å². The Morgan fingerprint density at radius 3 is 2.69 bits per heavy atom. The Morgan fingerprint density at radius 2 is 2.00 bits per heavy atom. The number of benzene rings is 1. The third kappa shape index (κ3) is 3.85. The van der Waals surface area contributed by atoms with Crippen molar-refractivity contribution in [3.63, 3.8) is 0 Å². The number of carbonyl (C=O) groups is 2. The van der Waals surface area contributed by atoms with Crippen LogP contribution in [0.3, 0.4) is 0 Å². The smallest absolute Gasteiger partial charge is 0.346 e. The van der Waals surface area contributed by atoms with Crippen LogP contribution in [0.2, 0.25) is 0 Å². The minimum Gasteiger partial charge on any atom is -0.428 e. The standard InChI is InChI=1S/C23H27FN2O6/c1-12-9-25(7-6-19(12)28)21-15-5-4-13(2)26-10-17(23(30)32-11-31-14(3)27)22(29)16(20(15)26)8-18(21)24/h8,10,12-13,19,28H,4-7,9,11H2,1-3H3/t12?,13-,19?/m0/s1. The van der Waals surface area contributed by atoms with E-state index in [-0.39, 0.29) is 22.9 Å². The lowest BCUT2D eigenvalue weighted by Crippen LogP contribution is -2.43. The van der Waals surface area contributed by atoms with E-state index in [0.29, 0.717) is 37.1 Å². The molecule has 9 heteroatoms. The maximum Gasteiger partial charge on any atom is 0.346 e. The molecule has 1 saturated heterocycles. The summed E-state index contributed by atoms with van der Waals surface area (Å²) in [4.78, 5) is 38.4. The number of anilines is 1. The maximum absolute atomic E-state index is 15.4. The van der Waals surface area contributed by atoms with Crippen LogP contribution < -0.4 is 10.3 Å². The van der Waals surface area contributed by atoms with Crippen LogP contribution in [-0.4, -0.2) is 47.6 Å². The van der Waals surface area contributed by atoms with Crippen molar-refractivity contribution >= 4 is 28.5 Å². The Hall–Kier alpha value is -2.94. The molecule has 0 bridgehead atoms. The number of carbonyl (C=O) groups excluding carboxylic acids is 2. The van der Waals surface area contributed by atoms with Gasteiger partial charge in [-0.3, -0.25) is 9.59 Å². The molecule has 1 aromatic heterocycles. The molecule has 1 aromatic carbocycles. The summed E-state index contributed by atoms with van der Waals surface area (Å²) >= 11 is 0. The highest BCUT2D eigenvalue weighted by atomic mass is 19.1. The van der Waals surface area contributed by atoms with Crippen molar-refractivity contribution in [3.05, 3.63) is 39.4 Å². The average molecular weight is 446 g/mol. The number of esters is 2. The zero-order valence-electron chi connectivity index (χ0n) is 18.4. The quantitative estimate of drug-likeness (QED) is 0.569. The number of pyridine rings is 1. The van der Waals surface area contributed by atoms with Crippen LogP contribution in [0, 0.1) is 11.7 Å². The van der Waals surface area contributed by atoms with Gasteiger partial charge in [-0.2, -0.15) is 0 Å². The van der Waals surface area contributed by atoms with E-state index < -0.39 is 36.1 Å². The summed E-state index contributed by atoms with van der Waals surface area (Å²) in [6, 6.07) is 1.19. The SMILES string of the molecule is CC(=O)OCOC(=O)c1cn2c3c(c(N4CCC(O)C(C)C4)c(F)cc3c1=O)CC[C@@H]2C. The molecule has 1 N–H and O–H groups in total. The first-order chi connectivity index (χ1) is 15.2. The summed E-state index contributed by atoms with van der Waals surface area (Å²) in [5.41, 5.74) is 0.999. The van der Waals surface area contributed by atoms with Gasteiger partial charge in [0, 0.05) is 43.2 Å². The van der Waals surface area contributed by atoms with Gasteiger partial charge >= 0.3 is 11.9 Å². The Morgan fingerprint density at radius 1 is 1.25 bits per heavy atom. The van der Waals surface area contributed by atoms with Gasteiger partial charge < -0.3 is 24.0 Å². The predicted molar refractivity (Wildman–Crippen MR) is 115 cm³/mol. The molecule has 4 rings (SSSR count). The van der Waals surface area contributed by atoms with Gasteiger partial charge in [0.25, 0.3) is 0 Å². The minimum atomic E-state index is -0.926. The molecule has 0 spiro atoms. The molecule has 8 nitrogen and oxygen atoms in total. The van der Waals surface area contributed by atoms with E-state index in [0.717, 1.165) is 12.0 Å². The third-order valence-corrected chi connectivity index (χ3v) is 6.48. The lowest BCUT2D eigenvalue weighted by atomic mass is 9.91. The van der Waals surface area contributed by atoms with Crippen molar-refractivity contribution < 1.29 is 28.6 Å². The number of hydrogen-bond acceptors (Lipinski definition) is 7. The summed E-state index contributed by atoms with van der Waals surface area (Å²) in [6.45, 7) is 5.55. The first-order valence-corrected chi connectivity index (χ1v) is 10.8. The van der Waals surface area contributed by atoms with E-state index in [2.05, 4.69) is 4.74 Å². The summed E-state index contributed by atoms with van der Waals surface area (Å²) in [7, 11) is 0. The van der Waals surface area contributed by atoms with Crippen molar-refractivity contribution in [1.82, 2.24) is 4.57 Å². The molecule has 32 heavy (non-hydrogen) atoms. The number of aromatic nitrogens is 1. The molecule has 172 valence electrons. The number of aryl methyl sites for hydroxylation is 1. The van der Waals surface area contributed by atoms with Crippen molar-refractivity contribution in [2.24, 2.45) is 5.92 Å². The maximum atomic E-state index is 15.4. The molecule has 2 unspecified atom stereocenters. The van der Waals surface area contributed by atoms with Gasteiger partial charge in [-0.05, 0) is 38.2 Å². The van der Waals surface area contributed by atoms with E-state index in [1.165, 1.54) is 19.2 Å². The van der Waals surface area contributed by atoms with Crippen LogP contribution >= 0.6 is 0 Å². The fourth-order valence-corrected chi connectivity index (χ4v) is 4.70. The molecule has 3 heterocycles. The number of aliphatic hydroxyl groups excluding tert-OH is 1. The molecule has 1 fully saturated rings. The molecule has 2 aliphatic rings. The van der Waals surface area contributed by atoms with Gasteiger partial charge in [-0.25, -0.2) is 9.18 Å². The second kappa shape index (κ2) is 8.54. The zero-order valence-corrected chi connectivity index (χ0v) is 18.4. The Kier molecular flexibility index (Phi) is 5.94. The highest BCUT2D eigenvalue weighted by Crippen LogP contribution is 2.39. The molecule has 3 atom stereocenters. The summed E-state index contributed by atoms with van der Waals surface area (Å²) < 4.78 is 26.8. The van der Waals surface area contributed by atoms with Gasteiger partial charge in [-0.1, -0.05) is 6.92 Å². The molecule has 0 amide bonds. The van der Waals surface area contributed by atoms with Crippen LogP contribution in [0.4, 0.5) is 10.1 Å². The van der Waals surface area contributed by atoms with Gasteiger partial charge in [-0.15, -0.1) is 0 Å². The number of ether oxygens (including phenoxy) is 2. The van der Waals surface area contributed by atoms with E-state index in [4.69, 9.17) is 4.74 Å². The fraction of sp³-hybridized carbons (Fsp3) is 0.522. The number of nitrogens with zero attached hydrogens (tertiary/aromatic N) is 2. The van der Waals surface area contributed by atoms with E-state index in [1.807, 2.05) is 23.3 Å².